The fourth-order valence-corrected chi connectivity index (χ4v) is 2.54. The average molecular weight is 276 g/mol. The van der Waals surface area contributed by atoms with Gasteiger partial charge in [0.2, 0.25) is 0 Å². The average Bonchev–Trinajstić information content (AvgIpc) is 2.65. The Balaban J connectivity index is 2.11. The molecule has 3 N–H and O–H groups in total. The Morgan fingerprint density at radius 1 is 1.40 bits per heavy atom. The lowest BCUT2D eigenvalue weighted by Gasteiger charge is -2.16. The van der Waals surface area contributed by atoms with Crippen LogP contribution in [0, 0.1) is 19.7 Å². The van der Waals surface area contributed by atoms with Crippen LogP contribution in [-0.4, -0.2) is 9.78 Å². The van der Waals surface area contributed by atoms with Gasteiger partial charge in [0.1, 0.15) is 5.82 Å². The minimum absolute atomic E-state index is 0.0651. The molecule has 1 unspecified atom stereocenters. The highest BCUT2D eigenvalue weighted by atomic mass is 19.1. The van der Waals surface area contributed by atoms with Crippen molar-refractivity contribution >= 4 is 0 Å². The van der Waals surface area contributed by atoms with Crippen LogP contribution in [-0.2, 0) is 13.5 Å². The van der Waals surface area contributed by atoms with E-state index < -0.39 is 0 Å². The quantitative estimate of drug-likeness (QED) is 0.651. The van der Waals surface area contributed by atoms with Crippen molar-refractivity contribution in [3.63, 3.8) is 0 Å². The molecule has 4 nitrogen and oxygen atoms in total. The van der Waals surface area contributed by atoms with Gasteiger partial charge in [-0.1, -0.05) is 12.1 Å². The Morgan fingerprint density at radius 2 is 2.15 bits per heavy atom. The third-order valence-electron chi connectivity index (χ3n) is 3.79. The van der Waals surface area contributed by atoms with E-state index in [-0.39, 0.29) is 11.9 Å². The predicted molar refractivity (Wildman–Crippen MR) is 77.5 cm³/mol. The van der Waals surface area contributed by atoms with Crippen molar-refractivity contribution in [1.82, 2.24) is 15.2 Å². The van der Waals surface area contributed by atoms with Gasteiger partial charge < -0.3 is 0 Å². The molecule has 2 rings (SSSR count). The fourth-order valence-electron chi connectivity index (χ4n) is 2.54. The maximum absolute atomic E-state index is 13.3. The Morgan fingerprint density at radius 3 is 2.70 bits per heavy atom. The number of nitrogens with two attached hydrogens (primary N) is 1. The van der Waals surface area contributed by atoms with Crippen LogP contribution in [0.2, 0.25) is 0 Å². The summed E-state index contributed by atoms with van der Waals surface area (Å²) >= 11 is 0. The number of rotatable bonds is 5. The molecule has 0 radical (unpaired) electrons. The number of aromatic nitrogens is 2. The Kier molecular flexibility index (Phi) is 4.52. The van der Waals surface area contributed by atoms with Crippen LogP contribution in [0.25, 0.3) is 0 Å². The summed E-state index contributed by atoms with van der Waals surface area (Å²) < 4.78 is 15.2. The summed E-state index contributed by atoms with van der Waals surface area (Å²) in [6.07, 6.45) is 1.66. The van der Waals surface area contributed by atoms with Gasteiger partial charge in [0, 0.05) is 18.8 Å². The van der Waals surface area contributed by atoms with Crippen molar-refractivity contribution in [3.05, 3.63) is 52.6 Å². The first kappa shape index (κ1) is 14.7. The van der Waals surface area contributed by atoms with Gasteiger partial charge >= 0.3 is 0 Å². The first-order valence-corrected chi connectivity index (χ1v) is 6.73. The molecule has 1 atom stereocenters. The predicted octanol–water partition coefficient (Wildman–Crippen LogP) is 2.31. The molecule has 2 aromatic rings. The topological polar surface area (TPSA) is 55.9 Å². The maximum Gasteiger partial charge on any atom is 0.123 e. The molecule has 20 heavy (non-hydrogen) atoms. The van der Waals surface area contributed by atoms with Crippen molar-refractivity contribution < 1.29 is 4.39 Å². The minimum Gasteiger partial charge on any atom is -0.272 e. The number of hydrogen-bond acceptors (Lipinski definition) is 3. The van der Waals surface area contributed by atoms with Gasteiger partial charge in [0.15, 0.2) is 0 Å². The van der Waals surface area contributed by atoms with E-state index in [1.807, 2.05) is 24.7 Å². The van der Waals surface area contributed by atoms with Gasteiger partial charge in [-0.05, 0) is 49.9 Å². The van der Waals surface area contributed by atoms with E-state index >= 15 is 0 Å². The van der Waals surface area contributed by atoms with E-state index in [0.717, 1.165) is 29.8 Å². The smallest absolute Gasteiger partial charge is 0.123 e. The van der Waals surface area contributed by atoms with Crippen molar-refractivity contribution in [2.45, 2.75) is 32.7 Å². The van der Waals surface area contributed by atoms with Gasteiger partial charge in [-0.15, -0.1) is 0 Å². The largest absolute Gasteiger partial charge is 0.272 e. The fraction of sp³-hybridized carbons (Fsp3) is 0.400. The second-order valence-electron chi connectivity index (χ2n) is 5.09. The minimum atomic E-state index is -0.239. The summed E-state index contributed by atoms with van der Waals surface area (Å²) in [7, 11) is 1.94. The molecule has 1 heterocycles. The molecular formula is C15H21FN4. The number of benzene rings is 1. The Labute approximate surface area is 118 Å². The van der Waals surface area contributed by atoms with Crippen molar-refractivity contribution in [2.75, 3.05) is 0 Å². The lowest BCUT2D eigenvalue weighted by Crippen LogP contribution is -2.28. The number of nitrogens with zero attached hydrogens (tertiary/aromatic N) is 2. The summed E-state index contributed by atoms with van der Waals surface area (Å²) in [5.41, 5.74) is 7.08. The standard InChI is InChI=1S/C15H21FN4/c1-10-14(11(2)20(3)19-10)7-8-15(18-17)12-5-4-6-13(16)9-12/h4-6,9,15,18H,7-8,17H2,1-3H3. The monoisotopic (exact) mass is 276 g/mol. The number of hydrazine groups is 1. The molecule has 0 saturated carbocycles. The zero-order valence-electron chi connectivity index (χ0n) is 12.2. The first-order chi connectivity index (χ1) is 9.52. The van der Waals surface area contributed by atoms with E-state index in [2.05, 4.69) is 17.4 Å². The number of halogens is 1. The molecule has 0 aliphatic heterocycles. The number of hydrogen-bond donors (Lipinski definition) is 2. The van der Waals surface area contributed by atoms with Crippen LogP contribution in [0.15, 0.2) is 24.3 Å². The van der Waals surface area contributed by atoms with Crippen LogP contribution >= 0.6 is 0 Å². The van der Waals surface area contributed by atoms with Crippen LogP contribution in [0.1, 0.15) is 35.0 Å². The number of aryl methyl sites for hydroxylation is 2. The number of nitrogens with one attached hydrogen (secondary N) is 1. The molecule has 108 valence electrons. The third kappa shape index (κ3) is 3.05. The highest BCUT2D eigenvalue weighted by Crippen LogP contribution is 2.22. The molecule has 0 bridgehead atoms. The molecule has 0 saturated heterocycles. The lowest BCUT2D eigenvalue weighted by atomic mass is 9.98. The van der Waals surface area contributed by atoms with E-state index in [0.29, 0.717) is 0 Å². The van der Waals surface area contributed by atoms with Crippen molar-refractivity contribution in [3.8, 4) is 0 Å². The molecule has 0 spiro atoms. The molecule has 0 amide bonds. The summed E-state index contributed by atoms with van der Waals surface area (Å²) in [6, 6.07) is 6.48. The third-order valence-corrected chi connectivity index (χ3v) is 3.79. The van der Waals surface area contributed by atoms with Gasteiger partial charge in [-0.2, -0.15) is 5.10 Å². The SMILES string of the molecule is Cc1nn(C)c(C)c1CCC(NN)c1cccc(F)c1. The van der Waals surface area contributed by atoms with Crippen molar-refractivity contribution in [2.24, 2.45) is 12.9 Å². The highest BCUT2D eigenvalue weighted by Gasteiger charge is 2.14. The summed E-state index contributed by atoms with van der Waals surface area (Å²) in [4.78, 5) is 0. The van der Waals surface area contributed by atoms with Gasteiger partial charge in [-0.25, -0.2) is 4.39 Å². The molecule has 1 aromatic carbocycles. The lowest BCUT2D eigenvalue weighted by molar-refractivity contribution is 0.510. The van der Waals surface area contributed by atoms with E-state index in [4.69, 9.17) is 5.84 Å². The van der Waals surface area contributed by atoms with Gasteiger partial charge in [-0.3, -0.25) is 16.0 Å². The van der Waals surface area contributed by atoms with E-state index in [1.165, 1.54) is 17.7 Å². The van der Waals surface area contributed by atoms with Crippen LogP contribution in [0.5, 0.6) is 0 Å². The summed E-state index contributed by atoms with van der Waals surface area (Å²) in [5.74, 6) is 5.37. The van der Waals surface area contributed by atoms with Gasteiger partial charge in [0.25, 0.3) is 0 Å². The Hall–Kier alpha value is -1.72. The second kappa shape index (κ2) is 6.15. The summed E-state index contributed by atoms with van der Waals surface area (Å²) in [6.45, 7) is 4.07. The molecule has 1 aromatic heterocycles. The molecule has 0 aliphatic rings. The van der Waals surface area contributed by atoms with Crippen molar-refractivity contribution in [1.29, 1.82) is 0 Å². The van der Waals surface area contributed by atoms with Gasteiger partial charge in [0.05, 0.1) is 5.69 Å². The Bertz CT molecular complexity index is 592. The van der Waals surface area contributed by atoms with E-state index in [9.17, 15) is 4.39 Å². The maximum atomic E-state index is 13.3. The zero-order valence-corrected chi connectivity index (χ0v) is 12.2. The highest BCUT2D eigenvalue weighted by molar-refractivity contribution is 5.26. The van der Waals surface area contributed by atoms with Crippen LogP contribution in [0.3, 0.4) is 0 Å². The van der Waals surface area contributed by atoms with Crippen LogP contribution < -0.4 is 11.3 Å². The van der Waals surface area contributed by atoms with Crippen LogP contribution in [0.4, 0.5) is 4.39 Å². The molecule has 5 heteroatoms. The normalized spacial score (nSPS) is 12.7. The zero-order chi connectivity index (χ0) is 14.7. The summed E-state index contributed by atoms with van der Waals surface area (Å²) in [5, 5.41) is 4.41. The molecule has 0 fully saturated rings. The molecule has 0 aliphatic carbocycles. The first-order valence-electron chi connectivity index (χ1n) is 6.73. The second-order valence-corrected chi connectivity index (χ2v) is 5.09. The van der Waals surface area contributed by atoms with E-state index in [1.54, 1.807) is 6.07 Å². The molecular weight excluding hydrogens is 255 g/mol.